The fraction of sp³-hybridized carbons (Fsp3) is 0.429. The van der Waals surface area contributed by atoms with E-state index in [0.717, 1.165) is 6.61 Å². The van der Waals surface area contributed by atoms with Crippen LogP contribution in [0.5, 0.6) is 0 Å². The van der Waals surface area contributed by atoms with E-state index in [1.807, 2.05) is 0 Å². The lowest BCUT2D eigenvalue weighted by Crippen LogP contribution is -2.12. The lowest BCUT2D eigenvalue weighted by molar-refractivity contribution is 0.0307. The van der Waals surface area contributed by atoms with Crippen LogP contribution in [0.3, 0.4) is 0 Å². The van der Waals surface area contributed by atoms with Crippen LogP contribution in [0.1, 0.15) is 49.7 Å². The van der Waals surface area contributed by atoms with Gasteiger partial charge in [0, 0.05) is 0 Å². The van der Waals surface area contributed by atoms with E-state index in [-0.39, 0.29) is 0 Å². The molecule has 0 bridgehead atoms. The molecule has 0 amide bonds. The Balaban J connectivity index is 1.71. The molecule has 1 nitrogen and oxygen atoms in total. The molecule has 0 unspecified atom stereocenters. The van der Waals surface area contributed by atoms with Crippen LogP contribution in [0.25, 0.3) is 11.1 Å². The fourth-order valence-corrected chi connectivity index (χ4v) is 3.39. The summed E-state index contributed by atoms with van der Waals surface area (Å²) in [4.78, 5) is 0. The molecule has 2 aromatic carbocycles. The maximum absolute atomic E-state index is 6.22. The second kappa shape index (κ2) is 7.60. The van der Waals surface area contributed by atoms with Crippen molar-refractivity contribution in [1.29, 1.82) is 0 Å². The van der Waals surface area contributed by atoms with Gasteiger partial charge in [-0.1, -0.05) is 74.2 Å². The number of benzene rings is 2. The number of hydrogen-bond acceptors (Lipinski definition) is 1. The van der Waals surface area contributed by atoms with E-state index in [9.17, 15) is 0 Å². The Kier molecular flexibility index (Phi) is 5.29. The number of hydrogen-bond donors (Lipinski definition) is 0. The minimum atomic E-state index is 0.460. The summed E-state index contributed by atoms with van der Waals surface area (Å²) >= 11 is 0. The molecular formula is C21H26O. The highest BCUT2D eigenvalue weighted by atomic mass is 16.5. The lowest BCUT2D eigenvalue weighted by Gasteiger charge is -2.17. The van der Waals surface area contributed by atoms with Gasteiger partial charge in [-0.15, -0.1) is 0 Å². The Morgan fingerprint density at radius 1 is 0.864 bits per heavy atom. The van der Waals surface area contributed by atoms with Crippen LogP contribution < -0.4 is 0 Å². The van der Waals surface area contributed by atoms with Crippen molar-refractivity contribution < 1.29 is 4.74 Å². The normalized spacial score (nSPS) is 16.4. The predicted octanol–water partition coefficient (Wildman–Crippen LogP) is 5.90. The SMILES string of the molecule is Cc1c(COC2CCCCCC2)cccc1-c1ccccc1. The standard InChI is InChI=1S/C21H26O/c1-17-19(16-22-20-13-7-2-3-8-14-20)12-9-15-21(17)18-10-5-4-6-11-18/h4-6,9-12,15,20H,2-3,7-8,13-14,16H2,1H3. The zero-order valence-electron chi connectivity index (χ0n) is 13.6. The Labute approximate surface area is 134 Å². The van der Waals surface area contributed by atoms with Crippen LogP contribution in [-0.2, 0) is 11.3 Å². The summed E-state index contributed by atoms with van der Waals surface area (Å²) in [5, 5.41) is 0. The van der Waals surface area contributed by atoms with Crippen molar-refractivity contribution in [1.82, 2.24) is 0 Å². The molecule has 0 saturated heterocycles. The Bertz CT molecular complexity index is 580. The van der Waals surface area contributed by atoms with E-state index < -0.39 is 0 Å². The van der Waals surface area contributed by atoms with Crippen molar-refractivity contribution in [2.45, 2.75) is 58.2 Å². The van der Waals surface area contributed by atoms with Gasteiger partial charge in [0.05, 0.1) is 12.7 Å². The quantitative estimate of drug-likeness (QED) is 0.638. The Morgan fingerprint density at radius 2 is 1.59 bits per heavy atom. The van der Waals surface area contributed by atoms with Crippen LogP contribution >= 0.6 is 0 Å². The van der Waals surface area contributed by atoms with Crippen molar-refractivity contribution in [3.05, 3.63) is 59.7 Å². The summed E-state index contributed by atoms with van der Waals surface area (Å²) in [6.07, 6.45) is 8.34. The molecule has 1 saturated carbocycles. The first-order chi connectivity index (χ1) is 10.8. The Hall–Kier alpha value is -1.60. The molecule has 0 spiro atoms. The first-order valence-corrected chi connectivity index (χ1v) is 8.60. The molecule has 116 valence electrons. The van der Waals surface area contributed by atoms with Gasteiger partial charge in [-0.05, 0) is 42.0 Å². The lowest BCUT2D eigenvalue weighted by atomic mass is 9.97. The summed E-state index contributed by atoms with van der Waals surface area (Å²) < 4.78 is 6.22. The van der Waals surface area contributed by atoms with Gasteiger partial charge >= 0.3 is 0 Å². The second-order valence-electron chi connectivity index (χ2n) is 6.38. The average Bonchev–Trinajstić information content (AvgIpc) is 2.83. The van der Waals surface area contributed by atoms with E-state index in [1.165, 1.54) is 60.8 Å². The van der Waals surface area contributed by atoms with Gasteiger partial charge in [-0.25, -0.2) is 0 Å². The topological polar surface area (TPSA) is 9.23 Å². The highest BCUT2D eigenvalue weighted by Crippen LogP contribution is 2.27. The summed E-state index contributed by atoms with van der Waals surface area (Å²) in [6.45, 7) is 2.96. The van der Waals surface area contributed by atoms with Crippen LogP contribution in [-0.4, -0.2) is 6.10 Å². The molecule has 3 rings (SSSR count). The van der Waals surface area contributed by atoms with Gasteiger partial charge in [0.1, 0.15) is 0 Å². The summed E-state index contributed by atoms with van der Waals surface area (Å²) in [6, 6.07) is 17.2. The van der Waals surface area contributed by atoms with Crippen molar-refractivity contribution >= 4 is 0 Å². The van der Waals surface area contributed by atoms with E-state index in [0.29, 0.717) is 6.10 Å². The molecule has 0 N–H and O–H groups in total. The minimum Gasteiger partial charge on any atom is -0.374 e. The molecule has 0 atom stereocenters. The number of ether oxygens (including phenoxy) is 1. The van der Waals surface area contributed by atoms with Crippen LogP contribution in [0.15, 0.2) is 48.5 Å². The first kappa shape index (κ1) is 15.3. The highest BCUT2D eigenvalue weighted by molar-refractivity contribution is 5.68. The van der Waals surface area contributed by atoms with Gasteiger partial charge in [0.2, 0.25) is 0 Å². The monoisotopic (exact) mass is 294 g/mol. The van der Waals surface area contributed by atoms with Crippen LogP contribution in [0, 0.1) is 6.92 Å². The molecule has 1 aliphatic carbocycles. The van der Waals surface area contributed by atoms with Crippen molar-refractivity contribution in [3.63, 3.8) is 0 Å². The predicted molar refractivity (Wildman–Crippen MR) is 92.9 cm³/mol. The molecule has 1 aliphatic rings. The molecule has 0 aliphatic heterocycles. The van der Waals surface area contributed by atoms with Crippen molar-refractivity contribution in [2.24, 2.45) is 0 Å². The largest absolute Gasteiger partial charge is 0.374 e. The third-order valence-corrected chi connectivity index (χ3v) is 4.81. The molecule has 0 heterocycles. The zero-order chi connectivity index (χ0) is 15.2. The van der Waals surface area contributed by atoms with Gasteiger partial charge in [0.15, 0.2) is 0 Å². The maximum Gasteiger partial charge on any atom is 0.0723 e. The van der Waals surface area contributed by atoms with Crippen LogP contribution in [0.2, 0.25) is 0 Å². The van der Waals surface area contributed by atoms with E-state index in [4.69, 9.17) is 4.74 Å². The van der Waals surface area contributed by atoms with Crippen molar-refractivity contribution in [3.8, 4) is 11.1 Å². The third-order valence-electron chi connectivity index (χ3n) is 4.81. The second-order valence-corrected chi connectivity index (χ2v) is 6.38. The zero-order valence-corrected chi connectivity index (χ0v) is 13.6. The summed E-state index contributed by atoms with van der Waals surface area (Å²) in [7, 11) is 0. The van der Waals surface area contributed by atoms with E-state index >= 15 is 0 Å². The minimum absolute atomic E-state index is 0.460. The van der Waals surface area contributed by atoms with Gasteiger partial charge < -0.3 is 4.74 Å². The average molecular weight is 294 g/mol. The molecular weight excluding hydrogens is 268 g/mol. The third kappa shape index (κ3) is 3.78. The van der Waals surface area contributed by atoms with Crippen molar-refractivity contribution in [2.75, 3.05) is 0 Å². The molecule has 22 heavy (non-hydrogen) atoms. The summed E-state index contributed by atoms with van der Waals surface area (Å²) in [5.41, 5.74) is 5.28. The number of rotatable bonds is 4. The van der Waals surface area contributed by atoms with Gasteiger partial charge in [-0.2, -0.15) is 0 Å². The van der Waals surface area contributed by atoms with E-state index in [2.05, 4.69) is 55.5 Å². The molecule has 0 radical (unpaired) electrons. The Morgan fingerprint density at radius 3 is 2.32 bits per heavy atom. The first-order valence-electron chi connectivity index (χ1n) is 8.60. The summed E-state index contributed by atoms with van der Waals surface area (Å²) in [5.74, 6) is 0. The molecule has 1 heteroatoms. The maximum atomic E-state index is 6.22. The fourth-order valence-electron chi connectivity index (χ4n) is 3.39. The van der Waals surface area contributed by atoms with Gasteiger partial charge in [-0.3, -0.25) is 0 Å². The molecule has 2 aromatic rings. The van der Waals surface area contributed by atoms with Gasteiger partial charge in [0.25, 0.3) is 0 Å². The smallest absolute Gasteiger partial charge is 0.0723 e. The van der Waals surface area contributed by atoms with Crippen LogP contribution in [0.4, 0.5) is 0 Å². The molecule has 0 aromatic heterocycles. The highest BCUT2D eigenvalue weighted by Gasteiger charge is 2.13. The van der Waals surface area contributed by atoms with E-state index in [1.54, 1.807) is 0 Å². The molecule has 1 fully saturated rings.